The molecule has 3 heterocycles. The Balaban J connectivity index is 1.59. The number of fused-ring (bicyclic) bond motifs is 1. The van der Waals surface area contributed by atoms with E-state index in [0.29, 0.717) is 29.8 Å². The van der Waals surface area contributed by atoms with E-state index in [1.807, 2.05) is 4.90 Å². The molecule has 4 rings (SSSR count). The van der Waals surface area contributed by atoms with Crippen LogP contribution in [0.25, 0.3) is 11.0 Å². The van der Waals surface area contributed by atoms with Gasteiger partial charge in [-0.1, -0.05) is 17.7 Å². The minimum Gasteiger partial charge on any atom is -0.490 e. The molecule has 0 saturated carbocycles. The Morgan fingerprint density at radius 1 is 1.25 bits per heavy atom. The number of aromatic nitrogens is 3. The van der Waals surface area contributed by atoms with Gasteiger partial charge in [0.15, 0.2) is 5.82 Å². The molecule has 2 aromatic heterocycles. The van der Waals surface area contributed by atoms with Crippen molar-refractivity contribution in [2.24, 2.45) is 13.0 Å². The second-order valence-electron chi connectivity index (χ2n) is 7.64. The third-order valence-corrected chi connectivity index (χ3v) is 5.76. The Labute approximate surface area is 186 Å². The van der Waals surface area contributed by atoms with E-state index < -0.39 is 29.5 Å². The summed E-state index contributed by atoms with van der Waals surface area (Å²) in [4.78, 5) is 22.6. The van der Waals surface area contributed by atoms with Crippen molar-refractivity contribution in [1.82, 2.24) is 14.5 Å². The Kier molecular flexibility index (Phi) is 6.00. The Morgan fingerprint density at radius 3 is 2.75 bits per heavy atom. The number of aliphatic hydroxyl groups excluding tert-OH is 1. The largest absolute Gasteiger partial charge is 0.490 e. The highest BCUT2D eigenvalue weighted by atomic mass is 35.5. The van der Waals surface area contributed by atoms with Gasteiger partial charge in [-0.05, 0) is 30.3 Å². The number of alkyl halides is 3. The monoisotopic (exact) mass is 468 g/mol. The number of ether oxygens (including phenoxy) is 1. The number of nitrogens with zero attached hydrogens (tertiary/aromatic N) is 4. The molecule has 0 bridgehead atoms. The second-order valence-corrected chi connectivity index (χ2v) is 8.03. The summed E-state index contributed by atoms with van der Waals surface area (Å²) in [6, 6.07) is 7.93. The van der Waals surface area contributed by atoms with Crippen LogP contribution in [-0.4, -0.2) is 45.4 Å². The number of aliphatic hydroxyl groups is 1. The maximum atomic E-state index is 13.0. The van der Waals surface area contributed by atoms with Gasteiger partial charge in [0.25, 0.3) is 0 Å². The zero-order valence-electron chi connectivity index (χ0n) is 17.0. The van der Waals surface area contributed by atoms with Crippen molar-refractivity contribution in [2.75, 3.05) is 24.6 Å². The maximum Gasteiger partial charge on any atom is 0.416 e. The summed E-state index contributed by atoms with van der Waals surface area (Å²) in [5, 5.41) is 10.2. The number of hydrogen-bond donors (Lipinski definition) is 1. The Hall–Kier alpha value is -2.85. The summed E-state index contributed by atoms with van der Waals surface area (Å²) in [5.74, 6) is 0.0160. The van der Waals surface area contributed by atoms with Gasteiger partial charge >= 0.3 is 11.9 Å². The van der Waals surface area contributed by atoms with Crippen molar-refractivity contribution in [3.8, 4) is 5.75 Å². The van der Waals surface area contributed by atoms with Gasteiger partial charge in [0.05, 0.1) is 17.7 Å². The lowest BCUT2D eigenvalue weighted by Gasteiger charge is -2.38. The minimum absolute atomic E-state index is 0.0855. The van der Waals surface area contributed by atoms with Crippen molar-refractivity contribution >= 4 is 28.5 Å². The summed E-state index contributed by atoms with van der Waals surface area (Å²) in [6.45, 7) is 0.435. The number of hydrogen-bond acceptors (Lipinski definition) is 6. The van der Waals surface area contributed by atoms with Gasteiger partial charge in [-0.15, -0.1) is 0 Å². The standard InChI is InChI=1S/C21H20ClF3N4O3/c1-28-15-5-6-17(22)26-18(15)19(27-20(28)31)29-8-7-16(12(10-29)11-30)32-14-4-2-3-13(9-14)21(23,24)25/h2-6,9,12,16,30H,7-8,10-11H2,1H3/t12-,16+/m0/s1. The number of rotatable bonds is 4. The molecule has 0 unspecified atom stereocenters. The molecule has 1 aliphatic heterocycles. The van der Waals surface area contributed by atoms with Crippen molar-refractivity contribution in [1.29, 1.82) is 0 Å². The Bertz CT molecular complexity index is 1200. The first-order chi connectivity index (χ1) is 15.2. The molecule has 3 aromatic rings. The number of piperidine rings is 1. The van der Waals surface area contributed by atoms with Crippen molar-refractivity contribution in [2.45, 2.75) is 18.7 Å². The van der Waals surface area contributed by atoms with E-state index in [0.717, 1.165) is 12.1 Å². The van der Waals surface area contributed by atoms with Crippen molar-refractivity contribution in [3.05, 3.63) is 57.6 Å². The second kappa shape index (κ2) is 8.59. The number of aryl methyl sites for hydroxylation is 1. The van der Waals surface area contributed by atoms with Crippen LogP contribution in [0.15, 0.2) is 41.2 Å². The molecule has 1 aliphatic rings. The normalized spacial score (nSPS) is 19.4. The van der Waals surface area contributed by atoms with Gasteiger partial charge in [-0.25, -0.2) is 9.78 Å². The minimum atomic E-state index is -4.47. The molecule has 0 amide bonds. The van der Waals surface area contributed by atoms with Gasteiger partial charge in [0.1, 0.15) is 22.5 Å². The van der Waals surface area contributed by atoms with Crippen molar-refractivity contribution < 1.29 is 23.0 Å². The maximum absolute atomic E-state index is 13.0. The zero-order chi connectivity index (χ0) is 23.0. The zero-order valence-corrected chi connectivity index (χ0v) is 17.8. The van der Waals surface area contributed by atoms with Crippen LogP contribution in [0, 0.1) is 5.92 Å². The van der Waals surface area contributed by atoms with Gasteiger partial charge in [-0.2, -0.15) is 18.2 Å². The third kappa shape index (κ3) is 4.37. The Morgan fingerprint density at radius 2 is 2.03 bits per heavy atom. The highest BCUT2D eigenvalue weighted by Crippen LogP contribution is 2.33. The van der Waals surface area contributed by atoms with E-state index in [9.17, 15) is 23.1 Å². The average Bonchev–Trinajstić information content (AvgIpc) is 2.76. The molecular weight excluding hydrogens is 449 g/mol. The fourth-order valence-corrected chi connectivity index (χ4v) is 4.01. The summed E-state index contributed by atoms with van der Waals surface area (Å²) >= 11 is 6.05. The molecule has 11 heteroatoms. The fourth-order valence-electron chi connectivity index (χ4n) is 3.86. The highest BCUT2D eigenvalue weighted by Gasteiger charge is 2.34. The lowest BCUT2D eigenvalue weighted by atomic mass is 9.95. The van der Waals surface area contributed by atoms with Crippen LogP contribution in [0.5, 0.6) is 5.75 Å². The van der Waals surface area contributed by atoms with Crippen LogP contribution in [0.1, 0.15) is 12.0 Å². The lowest BCUT2D eigenvalue weighted by Crippen LogP contribution is -2.48. The topological polar surface area (TPSA) is 80.5 Å². The third-order valence-electron chi connectivity index (χ3n) is 5.55. The number of halogens is 4. The highest BCUT2D eigenvalue weighted by molar-refractivity contribution is 6.29. The van der Waals surface area contributed by atoms with E-state index in [2.05, 4.69) is 9.97 Å². The molecule has 0 aliphatic carbocycles. The summed E-state index contributed by atoms with van der Waals surface area (Å²) in [5.41, 5.74) is -0.243. The SMILES string of the molecule is Cn1c(=O)nc(N2CC[C@@H](Oc3cccc(C(F)(F)F)c3)[C@H](CO)C2)c2nc(Cl)ccc21. The van der Waals surface area contributed by atoms with Gasteiger partial charge in [0, 0.05) is 32.5 Å². The van der Waals surface area contributed by atoms with Gasteiger partial charge < -0.3 is 14.7 Å². The van der Waals surface area contributed by atoms with E-state index >= 15 is 0 Å². The molecule has 32 heavy (non-hydrogen) atoms. The molecule has 2 atom stereocenters. The molecule has 1 aromatic carbocycles. The van der Waals surface area contributed by atoms with Crippen LogP contribution < -0.4 is 15.3 Å². The van der Waals surface area contributed by atoms with Crippen molar-refractivity contribution in [3.63, 3.8) is 0 Å². The first kappa shape index (κ1) is 22.3. The van der Waals surface area contributed by atoms with E-state index in [4.69, 9.17) is 16.3 Å². The molecule has 1 N–H and O–H groups in total. The van der Waals surface area contributed by atoms with E-state index in [1.54, 1.807) is 19.2 Å². The number of benzene rings is 1. The predicted molar refractivity (Wildman–Crippen MR) is 113 cm³/mol. The van der Waals surface area contributed by atoms with Crippen LogP contribution >= 0.6 is 11.6 Å². The van der Waals surface area contributed by atoms with Crippen LogP contribution in [0.2, 0.25) is 5.15 Å². The lowest BCUT2D eigenvalue weighted by molar-refractivity contribution is -0.137. The van der Waals surface area contributed by atoms with Crippen LogP contribution in [0.4, 0.5) is 19.0 Å². The summed E-state index contributed by atoms with van der Waals surface area (Å²) in [6.07, 6.45) is -4.57. The smallest absolute Gasteiger partial charge is 0.416 e. The molecular formula is C21H20ClF3N4O3. The van der Waals surface area contributed by atoms with E-state index in [1.165, 1.54) is 16.7 Å². The predicted octanol–water partition coefficient (Wildman–Crippen LogP) is 3.27. The average molecular weight is 469 g/mol. The van der Waals surface area contributed by atoms with Gasteiger partial charge in [-0.3, -0.25) is 4.57 Å². The first-order valence-electron chi connectivity index (χ1n) is 9.90. The van der Waals surface area contributed by atoms with Crippen LogP contribution in [0.3, 0.4) is 0 Å². The molecule has 1 fully saturated rings. The summed E-state index contributed by atoms with van der Waals surface area (Å²) < 4.78 is 46.2. The molecule has 0 spiro atoms. The molecule has 170 valence electrons. The quantitative estimate of drug-likeness (QED) is 0.592. The van der Waals surface area contributed by atoms with E-state index in [-0.39, 0.29) is 24.1 Å². The van der Waals surface area contributed by atoms with Crippen LogP contribution in [-0.2, 0) is 13.2 Å². The number of pyridine rings is 1. The molecule has 0 radical (unpaired) electrons. The fraction of sp³-hybridized carbons (Fsp3) is 0.381. The first-order valence-corrected chi connectivity index (χ1v) is 10.3. The number of anilines is 1. The molecule has 7 nitrogen and oxygen atoms in total. The molecule has 1 saturated heterocycles. The van der Waals surface area contributed by atoms with Gasteiger partial charge in [0.2, 0.25) is 0 Å². The summed E-state index contributed by atoms with van der Waals surface area (Å²) in [7, 11) is 1.59.